The predicted octanol–water partition coefficient (Wildman–Crippen LogP) is 4.68. The van der Waals surface area contributed by atoms with Gasteiger partial charge in [-0.3, -0.25) is 9.59 Å². The maximum Gasteiger partial charge on any atom is 0.338 e. The van der Waals surface area contributed by atoms with Gasteiger partial charge >= 0.3 is 12.0 Å². The first-order valence-electron chi connectivity index (χ1n) is 11.8. The summed E-state index contributed by atoms with van der Waals surface area (Å²) in [4.78, 5) is 54.2. The number of nitrogens with zero attached hydrogens (tertiary/aromatic N) is 2. The van der Waals surface area contributed by atoms with Gasteiger partial charge in [0.15, 0.2) is 0 Å². The van der Waals surface area contributed by atoms with Crippen molar-refractivity contribution in [3.8, 4) is 0 Å². The molecule has 1 aliphatic rings. The van der Waals surface area contributed by atoms with E-state index in [1.165, 1.54) is 35.2 Å². The summed E-state index contributed by atoms with van der Waals surface area (Å²) in [6.45, 7) is 3.78. The van der Waals surface area contributed by atoms with Crippen molar-refractivity contribution in [2.24, 2.45) is 0 Å². The van der Waals surface area contributed by atoms with Crippen molar-refractivity contribution in [2.75, 3.05) is 16.8 Å². The second-order valence-electron chi connectivity index (χ2n) is 8.62. The van der Waals surface area contributed by atoms with E-state index in [9.17, 15) is 23.6 Å². The number of nitrogens with one attached hydrogen (secondary N) is 1. The fourth-order valence-electron chi connectivity index (χ4n) is 4.13. The topological polar surface area (TPSA) is 96.0 Å². The molecule has 0 radical (unpaired) electrons. The van der Waals surface area contributed by atoms with E-state index in [0.717, 1.165) is 10.5 Å². The van der Waals surface area contributed by atoms with E-state index in [4.69, 9.17) is 4.74 Å². The van der Waals surface area contributed by atoms with Crippen molar-refractivity contribution in [1.29, 1.82) is 0 Å². The molecule has 0 spiro atoms. The number of amides is 4. The molecule has 0 aromatic heterocycles. The lowest BCUT2D eigenvalue weighted by molar-refractivity contribution is -0.124. The highest BCUT2D eigenvalue weighted by Gasteiger charge is 2.46. The minimum atomic E-state index is -1.08. The van der Waals surface area contributed by atoms with Crippen LogP contribution in [-0.4, -0.2) is 41.4 Å². The molecule has 1 aliphatic heterocycles. The molecule has 3 aromatic carbocycles. The number of anilines is 2. The molecule has 1 atom stereocenters. The Labute approximate surface area is 213 Å². The third kappa shape index (κ3) is 5.83. The summed E-state index contributed by atoms with van der Waals surface area (Å²) >= 11 is 0. The Morgan fingerprint density at radius 3 is 2.43 bits per heavy atom. The summed E-state index contributed by atoms with van der Waals surface area (Å²) in [7, 11) is 0. The van der Waals surface area contributed by atoms with Gasteiger partial charge in [-0.15, -0.1) is 0 Å². The van der Waals surface area contributed by atoms with Crippen LogP contribution in [0.1, 0.15) is 34.8 Å². The molecule has 1 N–H and O–H groups in total. The molecule has 4 rings (SSSR count). The van der Waals surface area contributed by atoms with Crippen LogP contribution in [0.15, 0.2) is 72.8 Å². The standard InChI is InChI=1S/C28H26FN3O5/c1-3-37-27(35)20-7-5-8-22(15-20)30-25(33)16-24-26(34)32(23-9-4-6-18(2)14-23)28(36)31(24)17-19-10-12-21(29)13-11-19/h4-15,24H,3,16-17H2,1-2H3,(H,30,33). The summed E-state index contributed by atoms with van der Waals surface area (Å²) in [5, 5.41) is 2.69. The predicted molar refractivity (Wildman–Crippen MR) is 135 cm³/mol. The molecule has 1 heterocycles. The number of esters is 1. The minimum Gasteiger partial charge on any atom is -0.462 e. The normalized spacial score (nSPS) is 15.2. The Hall–Kier alpha value is -4.53. The maximum absolute atomic E-state index is 13.4. The van der Waals surface area contributed by atoms with Gasteiger partial charge in [0.1, 0.15) is 11.9 Å². The highest BCUT2D eigenvalue weighted by Crippen LogP contribution is 2.29. The number of carbonyl (C=O) groups is 4. The number of rotatable bonds is 8. The molecule has 8 nitrogen and oxygen atoms in total. The second-order valence-corrected chi connectivity index (χ2v) is 8.62. The molecule has 9 heteroatoms. The number of hydrogen-bond donors (Lipinski definition) is 1. The van der Waals surface area contributed by atoms with Gasteiger partial charge in [-0.2, -0.15) is 0 Å². The lowest BCUT2D eigenvalue weighted by atomic mass is 10.1. The van der Waals surface area contributed by atoms with Crippen LogP contribution < -0.4 is 10.2 Å². The number of urea groups is 1. The molecule has 0 saturated carbocycles. The molecule has 0 aliphatic carbocycles. The highest BCUT2D eigenvalue weighted by atomic mass is 19.1. The van der Waals surface area contributed by atoms with E-state index in [0.29, 0.717) is 16.9 Å². The highest BCUT2D eigenvalue weighted by molar-refractivity contribution is 6.22. The quantitative estimate of drug-likeness (QED) is 0.356. The van der Waals surface area contributed by atoms with Gasteiger partial charge in [-0.1, -0.05) is 30.3 Å². The molecule has 190 valence electrons. The Morgan fingerprint density at radius 2 is 1.73 bits per heavy atom. The van der Waals surface area contributed by atoms with Crippen molar-refractivity contribution in [3.05, 3.63) is 95.3 Å². The van der Waals surface area contributed by atoms with E-state index in [1.54, 1.807) is 43.3 Å². The van der Waals surface area contributed by atoms with Crippen LogP contribution in [0.2, 0.25) is 0 Å². The third-order valence-corrected chi connectivity index (χ3v) is 5.88. The van der Waals surface area contributed by atoms with Gasteiger partial charge in [0.2, 0.25) is 5.91 Å². The lowest BCUT2D eigenvalue weighted by Gasteiger charge is -2.21. The van der Waals surface area contributed by atoms with Crippen molar-refractivity contribution in [2.45, 2.75) is 32.9 Å². The van der Waals surface area contributed by atoms with E-state index in [-0.39, 0.29) is 25.1 Å². The average molecular weight is 504 g/mol. The number of carbonyl (C=O) groups excluding carboxylic acids is 4. The number of imide groups is 1. The minimum absolute atomic E-state index is 0.0173. The van der Waals surface area contributed by atoms with Crippen molar-refractivity contribution in [1.82, 2.24) is 4.90 Å². The van der Waals surface area contributed by atoms with Crippen molar-refractivity contribution in [3.63, 3.8) is 0 Å². The molecular weight excluding hydrogens is 477 g/mol. The second kappa shape index (κ2) is 11.0. The van der Waals surface area contributed by atoms with Crippen LogP contribution in [0.3, 0.4) is 0 Å². The number of ether oxygens (including phenoxy) is 1. The van der Waals surface area contributed by atoms with Gasteiger partial charge in [-0.05, 0) is 67.4 Å². The smallest absolute Gasteiger partial charge is 0.338 e. The van der Waals surface area contributed by atoms with Gasteiger partial charge < -0.3 is 15.0 Å². The zero-order valence-corrected chi connectivity index (χ0v) is 20.4. The molecular formula is C28H26FN3O5. The summed E-state index contributed by atoms with van der Waals surface area (Å²) in [5.74, 6) is -1.99. The third-order valence-electron chi connectivity index (χ3n) is 5.88. The van der Waals surface area contributed by atoms with Gasteiger partial charge in [0.05, 0.1) is 24.3 Å². The van der Waals surface area contributed by atoms with Gasteiger partial charge in [0.25, 0.3) is 5.91 Å². The molecule has 0 bridgehead atoms. The van der Waals surface area contributed by atoms with Crippen LogP contribution in [0.4, 0.5) is 20.6 Å². The fraction of sp³-hybridized carbons (Fsp3) is 0.214. The fourth-order valence-corrected chi connectivity index (χ4v) is 4.13. The summed E-state index contributed by atoms with van der Waals surface area (Å²) in [5.41, 5.74) is 2.51. The molecule has 37 heavy (non-hydrogen) atoms. The molecule has 4 amide bonds. The first kappa shape index (κ1) is 25.6. The number of halogens is 1. The van der Waals surface area contributed by atoms with Crippen LogP contribution in [0.5, 0.6) is 0 Å². The van der Waals surface area contributed by atoms with Crippen LogP contribution in [-0.2, 0) is 20.9 Å². The maximum atomic E-state index is 13.4. The molecule has 1 unspecified atom stereocenters. The van der Waals surface area contributed by atoms with Crippen LogP contribution in [0.25, 0.3) is 0 Å². The van der Waals surface area contributed by atoms with E-state index < -0.39 is 35.7 Å². The zero-order valence-electron chi connectivity index (χ0n) is 20.4. The summed E-state index contributed by atoms with van der Waals surface area (Å²) in [6, 6.07) is 17.2. The van der Waals surface area contributed by atoms with Crippen LogP contribution >= 0.6 is 0 Å². The van der Waals surface area contributed by atoms with Crippen LogP contribution in [0, 0.1) is 12.7 Å². The molecule has 3 aromatic rings. The zero-order chi connectivity index (χ0) is 26.5. The van der Waals surface area contributed by atoms with Crippen molar-refractivity contribution < 1.29 is 28.3 Å². The molecule has 1 saturated heterocycles. The van der Waals surface area contributed by atoms with E-state index >= 15 is 0 Å². The van der Waals surface area contributed by atoms with Gasteiger partial charge in [-0.25, -0.2) is 18.9 Å². The Morgan fingerprint density at radius 1 is 1.00 bits per heavy atom. The average Bonchev–Trinajstić information content (AvgIpc) is 3.09. The summed E-state index contributed by atoms with van der Waals surface area (Å²) in [6.07, 6.45) is -0.308. The van der Waals surface area contributed by atoms with Crippen molar-refractivity contribution >= 4 is 35.2 Å². The lowest BCUT2D eigenvalue weighted by Crippen LogP contribution is -2.37. The van der Waals surface area contributed by atoms with E-state index in [2.05, 4.69) is 5.32 Å². The first-order chi connectivity index (χ1) is 17.8. The Kier molecular flexibility index (Phi) is 7.62. The number of hydrogen-bond acceptors (Lipinski definition) is 5. The number of aryl methyl sites for hydroxylation is 1. The largest absolute Gasteiger partial charge is 0.462 e. The van der Waals surface area contributed by atoms with E-state index in [1.807, 2.05) is 13.0 Å². The van der Waals surface area contributed by atoms with Gasteiger partial charge in [0, 0.05) is 12.2 Å². The summed E-state index contributed by atoms with van der Waals surface area (Å²) < 4.78 is 18.4. The number of benzene rings is 3. The first-order valence-corrected chi connectivity index (χ1v) is 11.8. The SMILES string of the molecule is CCOC(=O)c1cccc(NC(=O)CC2C(=O)N(c3cccc(C)c3)C(=O)N2Cc2ccc(F)cc2)c1. The monoisotopic (exact) mass is 503 g/mol. The Balaban J connectivity index is 1.57. The Bertz CT molecular complexity index is 1340. The molecule has 1 fully saturated rings.